The van der Waals surface area contributed by atoms with Crippen LogP contribution in [0.25, 0.3) is 11.2 Å². The molecule has 1 aliphatic rings. The fourth-order valence-corrected chi connectivity index (χ4v) is 3.48. The molecule has 1 aromatic carbocycles. The van der Waals surface area contributed by atoms with Crippen LogP contribution in [-0.2, 0) is 16.0 Å². The Balaban J connectivity index is 1.56. The molecule has 160 valence electrons. The number of anilines is 1. The number of benzene rings is 1. The van der Waals surface area contributed by atoms with Crippen LogP contribution in [0, 0.1) is 5.41 Å². The number of ether oxygens (including phenoxy) is 3. The number of hydrogen-bond donors (Lipinski definition) is 2. The molecule has 1 fully saturated rings. The number of imidazole rings is 1. The van der Waals surface area contributed by atoms with Gasteiger partial charge in [0.05, 0.1) is 19.3 Å². The van der Waals surface area contributed by atoms with Crippen LogP contribution in [0.4, 0.5) is 5.82 Å². The van der Waals surface area contributed by atoms with Crippen LogP contribution in [0.2, 0.25) is 0 Å². The molecule has 0 aliphatic carbocycles. The van der Waals surface area contributed by atoms with Gasteiger partial charge in [-0.25, -0.2) is 4.79 Å². The molecule has 0 amide bonds. The zero-order chi connectivity index (χ0) is 21.5. The third-order valence-corrected chi connectivity index (χ3v) is 5.14. The van der Waals surface area contributed by atoms with E-state index in [0.29, 0.717) is 24.3 Å². The van der Waals surface area contributed by atoms with E-state index in [9.17, 15) is 4.79 Å². The number of hydrogen-bond acceptors (Lipinski definition) is 7. The van der Waals surface area contributed by atoms with Crippen LogP contribution in [0.5, 0.6) is 6.01 Å². The molecule has 3 aromatic rings. The lowest BCUT2D eigenvalue weighted by Gasteiger charge is -2.14. The SMILES string of the molecule is COCCOc1nc(N)c2[nH]c(=O)n(Cc3ccc([C@H]4OC4C(C)(C)C)cc3)c2n1. The van der Waals surface area contributed by atoms with E-state index in [0.717, 1.165) is 11.1 Å². The van der Waals surface area contributed by atoms with Gasteiger partial charge in [-0.2, -0.15) is 9.97 Å². The molecule has 1 saturated heterocycles. The maximum absolute atomic E-state index is 12.5. The molecule has 1 aliphatic heterocycles. The predicted octanol–water partition coefficient (Wildman–Crippen LogP) is 2.26. The van der Waals surface area contributed by atoms with Gasteiger partial charge < -0.3 is 24.9 Å². The third kappa shape index (κ3) is 4.03. The molecule has 4 rings (SSSR count). The Kier molecular flexibility index (Phi) is 5.25. The molecule has 9 nitrogen and oxygen atoms in total. The normalized spacial score (nSPS) is 18.7. The Labute approximate surface area is 174 Å². The van der Waals surface area contributed by atoms with Crippen LogP contribution in [0.1, 0.15) is 38.0 Å². The van der Waals surface area contributed by atoms with Crippen molar-refractivity contribution in [2.24, 2.45) is 5.41 Å². The number of methoxy groups -OCH3 is 1. The topological polar surface area (TPSA) is 121 Å². The molecule has 9 heteroatoms. The maximum atomic E-state index is 12.5. The Hall–Kier alpha value is -2.91. The molecule has 0 radical (unpaired) electrons. The standard InChI is InChI=1S/C21H27N5O4/c1-21(2,3)16-15(30-16)13-7-5-12(6-8-13)11-26-18-14(23-20(26)27)17(22)24-19(25-18)29-10-9-28-4/h5-8,15-16H,9-11H2,1-4H3,(H,23,27)(H2,22,24,25)/t15-,16?/m1/s1. The second-order valence-electron chi connectivity index (χ2n) is 8.53. The van der Waals surface area contributed by atoms with Crippen molar-refractivity contribution >= 4 is 17.0 Å². The second-order valence-corrected chi connectivity index (χ2v) is 8.53. The van der Waals surface area contributed by atoms with E-state index >= 15 is 0 Å². The van der Waals surface area contributed by atoms with E-state index in [4.69, 9.17) is 19.9 Å². The summed E-state index contributed by atoms with van der Waals surface area (Å²) < 4.78 is 17.8. The largest absolute Gasteiger partial charge is 0.461 e. The molecular weight excluding hydrogens is 386 g/mol. The van der Waals surface area contributed by atoms with Gasteiger partial charge >= 0.3 is 11.7 Å². The van der Waals surface area contributed by atoms with Crippen LogP contribution in [-0.4, -0.2) is 45.9 Å². The molecular formula is C21H27N5O4. The molecule has 2 atom stereocenters. The van der Waals surface area contributed by atoms with Crippen molar-refractivity contribution in [2.45, 2.75) is 39.5 Å². The molecule has 30 heavy (non-hydrogen) atoms. The highest BCUT2D eigenvalue weighted by Crippen LogP contribution is 2.48. The summed E-state index contributed by atoms with van der Waals surface area (Å²) in [5, 5.41) is 0. The molecule has 3 heterocycles. The van der Waals surface area contributed by atoms with E-state index in [2.05, 4.69) is 35.7 Å². The second kappa shape index (κ2) is 7.73. The number of rotatable bonds is 7. The predicted molar refractivity (Wildman–Crippen MR) is 113 cm³/mol. The molecule has 0 bridgehead atoms. The van der Waals surface area contributed by atoms with E-state index in [1.54, 1.807) is 7.11 Å². The summed E-state index contributed by atoms with van der Waals surface area (Å²) in [6.45, 7) is 7.56. The number of nitrogen functional groups attached to an aromatic ring is 1. The Bertz CT molecular complexity index is 1100. The van der Waals surface area contributed by atoms with Crippen molar-refractivity contribution in [1.82, 2.24) is 19.5 Å². The minimum atomic E-state index is -0.303. The number of H-pyrrole nitrogens is 1. The van der Waals surface area contributed by atoms with Crippen LogP contribution in [0.15, 0.2) is 29.1 Å². The lowest BCUT2D eigenvalue weighted by molar-refractivity contribution is 0.141. The highest BCUT2D eigenvalue weighted by Gasteiger charge is 2.47. The van der Waals surface area contributed by atoms with Crippen molar-refractivity contribution in [3.05, 3.63) is 45.9 Å². The van der Waals surface area contributed by atoms with Gasteiger partial charge in [0.15, 0.2) is 11.5 Å². The summed E-state index contributed by atoms with van der Waals surface area (Å²) >= 11 is 0. The van der Waals surface area contributed by atoms with E-state index < -0.39 is 0 Å². The van der Waals surface area contributed by atoms with Gasteiger partial charge in [0.25, 0.3) is 0 Å². The summed E-state index contributed by atoms with van der Waals surface area (Å²) in [6.07, 6.45) is 0.366. The molecule has 0 spiro atoms. The Morgan fingerprint density at radius 3 is 2.57 bits per heavy atom. The van der Waals surface area contributed by atoms with E-state index in [1.807, 2.05) is 24.3 Å². The quantitative estimate of drug-likeness (QED) is 0.450. The summed E-state index contributed by atoms with van der Waals surface area (Å²) in [5.74, 6) is 0.165. The van der Waals surface area contributed by atoms with E-state index in [1.165, 1.54) is 4.57 Å². The van der Waals surface area contributed by atoms with E-state index in [-0.39, 0.29) is 41.7 Å². The number of epoxide rings is 1. The van der Waals surface area contributed by atoms with Gasteiger partial charge in [0, 0.05) is 7.11 Å². The number of aromatic amines is 1. The van der Waals surface area contributed by atoms with Crippen molar-refractivity contribution in [2.75, 3.05) is 26.1 Å². The maximum Gasteiger partial charge on any atom is 0.328 e. The lowest BCUT2D eigenvalue weighted by atomic mass is 9.88. The first-order valence-electron chi connectivity index (χ1n) is 9.90. The highest BCUT2D eigenvalue weighted by atomic mass is 16.6. The molecule has 2 aromatic heterocycles. The van der Waals surface area contributed by atoms with Crippen molar-refractivity contribution < 1.29 is 14.2 Å². The number of nitrogens with one attached hydrogen (secondary N) is 1. The average Bonchev–Trinajstić information content (AvgIpc) is 3.44. The Morgan fingerprint density at radius 2 is 1.93 bits per heavy atom. The van der Waals surface area contributed by atoms with Crippen LogP contribution < -0.4 is 16.2 Å². The van der Waals surface area contributed by atoms with Gasteiger partial charge in [-0.15, -0.1) is 0 Å². The average molecular weight is 413 g/mol. The summed E-state index contributed by atoms with van der Waals surface area (Å²) in [7, 11) is 1.58. The first-order chi connectivity index (χ1) is 14.3. The molecule has 0 saturated carbocycles. The smallest absolute Gasteiger partial charge is 0.328 e. The lowest BCUT2D eigenvalue weighted by Crippen LogP contribution is -2.18. The monoisotopic (exact) mass is 413 g/mol. The van der Waals surface area contributed by atoms with Gasteiger partial charge in [0.2, 0.25) is 0 Å². The van der Waals surface area contributed by atoms with Crippen LogP contribution in [0.3, 0.4) is 0 Å². The van der Waals surface area contributed by atoms with Gasteiger partial charge in [-0.1, -0.05) is 45.0 Å². The van der Waals surface area contributed by atoms with Gasteiger partial charge in [-0.3, -0.25) is 4.57 Å². The number of aromatic nitrogens is 4. The summed E-state index contributed by atoms with van der Waals surface area (Å²) in [5.41, 5.74) is 8.71. The van der Waals surface area contributed by atoms with Gasteiger partial charge in [0.1, 0.15) is 18.2 Å². The summed E-state index contributed by atoms with van der Waals surface area (Å²) in [6, 6.07) is 8.22. The molecule has 3 N–H and O–H groups in total. The minimum Gasteiger partial charge on any atom is -0.461 e. The number of fused-ring (bicyclic) bond motifs is 1. The van der Waals surface area contributed by atoms with Gasteiger partial charge in [-0.05, 0) is 16.5 Å². The van der Waals surface area contributed by atoms with Crippen molar-refractivity contribution in [3.63, 3.8) is 0 Å². The molecule has 1 unspecified atom stereocenters. The zero-order valence-electron chi connectivity index (χ0n) is 17.6. The fourth-order valence-electron chi connectivity index (χ4n) is 3.48. The minimum absolute atomic E-state index is 0.110. The third-order valence-electron chi connectivity index (χ3n) is 5.14. The first kappa shape index (κ1) is 20.4. The summed E-state index contributed by atoms with van der Waals surface area (Å²) in [4.78, 5) is 23.7. The van der Waals surface area contributed by atoms with Crippen molar-refractivity contribution in [1.29, 1.82) is 0 Å². The van der Waals surface area contributed by atoms with Crippen molar-refractivity contribution in [3.8, 4) is 6.01 Å². The van der Waals surface area contributed by atoms with Crippen LogP contribution >= 0.6 is 0 Å². The Morgan fingerprint density at radius 1 is 1.20 bits per heavy atom. The first-order valence-corrected chi connectivity index (χ1v) is 9.90. The highest BCUT2D eigenvalue weighted by molar-refractivity contribution is 5.81. The zero-order valence-corrected chi connectivity index (χ0v) is 17.6. The number of nitrogens with zero attached hydrogens (tertiary/aromatic N) is 3. The number of nitrogens with two attached hydrogens (primary N) is 1. The fraction of sp³-hybridized carbons (Fsp3) is 0.476.